The number of hydrogen-bond donors (Lipinski definition) is 2. The molecule has 0 amide bonds. The summed E-state index contributed by atoms with van der Waals surface area (Å²) < 4.78 is 7.86. The highest BCUT2D eigenvalue weighted by atomic mass is 32.1. The molecule has 2 aliphatic heterocycles. The van der Waals surface area contributed by atoms with Gasteiger partial charge >= 0.3 is 0 Å². The van der Waals surface area contributed by atoms with Crippen molar-refractivity contribution in [3.63, 3.8) is 0 Å². The SMILES string of the molecule is Cc1nn(C)c(N2CCOCC2)c1CN1CCc2[nH]c(=S)[nH]c(=O)c2C1. The first-order chi connectivity index (χ1) is 12.5. The molecule has 8 nitrogen and oxygen atoms in total. The lowest BCUT2D eigenvalue weighted by molar-refractivity contribution is 0.122. The Bertz CT molecular complexity index is 924. The summed E-state index contributed by atoms with van der Waals surface area (Å²) in [5, 5.41) is 4.64. The number of H-pyrrole nitrogens is 2. The number of fused-ring (bicyclic) bond motifs is 1. The largest absolute Gasteiger partial charge is 0.378 e. The van der Waals surface area contributed by atoms with E-state index >= 15 is 0 Å². The Morgan fingerprint density at radius 2 is 2.00 bits per heavy atom. The summed E-state index contributed by atoms with van der Waals surface area (Å²) in [5.74, 6) is 1.16. The maximum Gasteiger partial charge on any atom is 0.256 e. The van der Waals surface area contributed by atoms with Crippen molar-refractivity contribution in [2.45, 2.75) is 26.4 Å². The van der Waals surface area contributed by atoms with E-state index in [-0.39, 0.29) is 5.56 Å². The number of aromatic amines is 2. The van der Waals surface area contributed by atoms with Crippen molar-refractivity contribution in [1.82, 2.24) is 24.6 Å². The highest BCUT2D eigenvalue weighted by Crippen LogP contribution is 2.27. The van der Waals surface area contributed by atoms with E-state index in [1.807, 2.05) is 11.7 Å². The fourth-order valence-corrected chi connectivity index (χ4v) is 4.13. The Labute approximate surface area is 156 Å². The van der Waals surface area contributed by atoms with Gasteiger partial charge in [-0.05, 0) is 19.1 Å². The van der Waals surface area contributed by atoms with Gasteiger partial charge < -0.3 is 14.6 Å². The monoisotopic (exact) mass is 376 g/mol. The van der Waals surface area contributed by atoms with Crippen LogP contribution >= 0.6 is 12.2 Å². The van der Waals surface area contributed by atoms with Crippen molar-refractivity contribution in [2.75, 3.05) is 37.7 Å². The van der Waals surface area contributed by atoms with Crippen LogP contribution in [0.25, 0.3) is 0 Å². The fourth-order valence-electron chi connectivity index (χ4n) is 3.92. The normalized spacial score (nSPS) is 18.2. The zero-order valence-electron chi connectivity index (χ0n) is 15.2. The van der Waals surface area contributed by atoms with Crippen molar-refractivity contribution in [3.05, 3.63) is 37.6 Å². The number of anilines is 1. The molecule has 0 aromatic carbocycles. The smallest absolute Gasteiger partial charge is 0.256 e. The van der Waals surface area contributed by atoms with Crippen LogP contribution < -0.4 is 10.5 Å². The number of nitrogens with one attached hydrogen (secondary N) is 2. The van der Waals surface area contributed by atoms with Gasteiger partial charge in [0.15, 0.2) is 4.77 Å². The van der Waals surface area contributed by atoms with Gasteiger partial charge in [0.2, 0.25) is 0 Å². The molecule has 0 spiro atoms. The Morgan fingerprint density at radius 1 is 1.23 bits per heavy atom. The number of morpholine rings is 1. The molecule has 0 aliphatic carbocycles. The zero-order chi connectivity index (χ0) is 18.3. The first kappa shape index (κ1) is 17.4. The van der Waals surface area contributed by atoms with Crippen LogP contribution in [0.3, 0.4) is 0 Å². The van der Waals surface area contributed by atoms with E-state index in [4.69, 9.17) is 17.0 Å². The number of ether oxygens (including phenoxy) is 1. The van der Waals surface area contributed by atoms with Crippen LogP contribution in [0.15, 0.2) is 4.79 Å². The third kappa shape index (κ3) is 3.22. The molecule has 4 heterocycles. The van der Waals surface area contributed by atoms with Gasteiger partial charge in [-0.3, -0.25) is 19.4 Å². The number of nitrogens with zero attached hydrogens (tertiary/aromatic N) is 4. The van der Waals surface area contributed by atoms with E-state index in [0.29, 0.717) is 11.3 Å². The standard InChI is InChI=1S/C17H24N6O2S/c1-11-12(16(21(2)20-11)23-5-7-25-8-6-23)9-22-4-3-14-13(10-22)15(24)19-17(26)18-14/h3-10H2,1-2H3,(H2,18,19,24,26). The van der Waals surface area contributed by atoms with E-state index in [1.54, 1.807) is 0 Å². The molecular weight excluding hydrogens is 352 g/mol. The lowest BCUT2D eigenvalue weighted by Gasteiger charge is -2.32. The van der Waals surface area contributed by atoms with E-state index in [1.165, 1.54) is 5.56 Å². The van der Waals surface area contributed by atoms with E-state index in [9.17, 15) is 4.79 Å². The Balaban J connectivity index is 1.60. The average Bonchev–Trinajstić information content (AvgIpc) is 2.89. The molecule has 0 bridgehead atoms. The second-order valence-corrected chi connectivity index (χ2v) is 7.34. The molecule has 0 saturated carbocycles. The Hall–Kier alpha value is -1.97. The third-order valence-electron chi connectivity index (χ3n) is 5.20. The minimum atomic E-state index is -0.0789. The molecule has 2 aromatic rings. The highest BCUT2D eigenvalue weighted by Gasteiger charge is 2.25. The molecule has 2 aliphatic rings. The van der Waals surface area contributed by atoms with Crippen LogP contribution in [-0.2, 0) is 31.3 Å². The van der Waals surface area contributed by atoms with E-state index < -0.39 is 0 Å². The van der Waals surface area contributed by atoms with Crippen molar-refractivity contribution in [2.24, 2.45) is 7.05 Å². The van der Waals surface area contributed by atoms with Gasteiger partial charge in [0.25, 0.3) is 5.56 Å². The second kappa shape index (κ2) is 6.98. The van der Waals surface area contributed by atoms with Gasteiger partial charge in [0.05, 0.1) is 24.5 Å². The summed E-state index contributed by atoms with van der Waals surface area (Å²) in [6.07, 6.45) is 0.801. The summed E-state index contributed by atoms with van der Waals surface area (Å²) in [4.78, 5) is 22.7. The van der Waals surface area contributed by atoms with Crippen LogP contribution in [0.4, 0.5) is 5.82 Å². The van der Waals surface area contributed by atoms with Crippen molar-refractivity contribution in [1.29, 1.82) is 0 Å². The van der Waals surface area contributed by atoms with Crippen LogP contribution in [0.2, 0.25) is 0 Å². The number of hydrogen-bond acceptors (Lipinski definition) is 6. The second-order valence-electron chi connectivity index (χ2n) is 6.94. The molecule has 0 radical (unpaired) electrons. The van der Waals surface area contributed by atoms with Gasteiger partial charge in [-0.15, -0.1) is 0 Å². The fraction of sp³-hybridized carbons (Fsp3) is 0.588. The predicted octanol–water partition coefficient (Wildman–Crippen LogP) is 0.869. The number of rotatable bonds is 3. The Morgan fingerprint density at radius 3 is 2.77 bits per heavy atom. The molecular formula is C17H24N6O2S. The zero-order valence-corrected chi connectivity index (χ0v) is 16.0. The van der Waals surface area contributed by atoms with Crippen LogP contribution in [0.5, 0.6) is 0 Å². The summed E-state index contributed by atoms with van der Waals surface area (Å²) in [5.41, 5.74) is 3.95. The van der Waals surface area contributed by atoms with Gasteiger partial charge in [-0.1, -0.05) is 0 Å². The summed E-state index contributed by atoms with van der Waals surface area (Å²) in [7, 11) is 2.00. The van der Waals surface area contributed by atoms with E-state index in [0.717, 1.165) is 68.6 Å². The van der Waals surface area contributed by atoms with Crippen LogP contribution in [-0.4, -0.2) is 57.5 Å². The topological polar surface area (TPSA) is 82.2 Å². The lowest BCUT2D eigenvalue weighted by atomic mass is 10.1. The minimum absolute atomic E-state index is 0.0789. The molecule has 1 saturated heterocycles. The first-order valence-corrected chi connectivity index (χ1v) is 9.35. The molecule has 2 N–H and O–H groups in total. The van der Waals surface area contributed by atoms with Crippen molar-refractivity contribution < 1.29 is 4.74 Å². The maximum absolute atomic E-state index is 12.3. The summed E-state index contributed by atoms with van der Waals surface area (Å²) in [6, 6.07) is 0. The van der Waals surface area contributed by atoms with Crippen molar-refractivity contribution in [3.8, 4) is 0 Å². The van der Waals surface area contributed by atoms with Gasteiger partial charge in [0, 0.05) is 57.4 Å². The van der Waals surface area contributed by atoms with Gasteiger partial charge in [-0.25, -0.2) is 0 Å². The molecule has 2 aromatic heterocycles. The van der Waals surface area contributed by atoms with Gasteiger partial charge in [0.1, 0.15) is 5.82 Å². The quantitative estimate of drug-likeness (QED) is 0.774. The number of aryl methyl sites for hydroxylation is 2. The molecule has 0 unspecified atom stereocenters. The molecule has 1 fully saturated rings. The van der Waals surface area contributed by atoms with E-state index in [2.05, 4.69) is 31.8 Å². The Kier molecular flexibility index (Phi) is 4.68. The average molecular weight is 376 g/mol. The van der Waals surface area contributed by atoms with Crippen molar-refractivity contribution >= 4 is 18.0 Å². The molecule has 4 rings (SSSR count). The van der Waals surface area contributed by atoms with Crippen LogP contribution in [0.1, 0.15) is 22.5 Å². The summed E-state index contributed by atoms with van der Waals surface area (Å²) >= 11 is 5.08. The molecule has 0 atom stereocenters. The minimum Gasteiger partial charge on any atom is -0.378 e. The molecule has 140 valence electrons. The third-order valence-corrected chi connectivity index (χ3v) is 5.40. The summed E-state index contributed by atoms with van der Waals surface area (Å²) in [6.45, 7) is 7.59. The molecule has 9 heteroatoms. The number of aromatic nitrogens is 4. The van der Waals surface area contributed by atoms with Gasteiger partial charge in [-0.2, -0.15) is 5.10 Å². The predicted molar refractivity (Wildman–Crippen MR) is 101 cm³/mol. The molecule has 26 heavy (non-hydrogen) atoms. The highest BCUT2D eigenvalue weighted by molar-refractivity contribution is 7.71. The maximum atomic E-state index is 12.3. The lowest BCUT2D eigenvalue weighted by Crippen LogP contribution is -2.39. The van der Waals surface area contributed by atoms with Crippen LogP contribution in [0, 0.1) is 11.7 Å². The first-order valence-electron chi connectivity index (χ1n) is 8.95.